The lowest BCUT2D eigenvalue weighted by molar-refractivity contribution is 0.194. The lowest BCUT2D eigenvalue weighted by atomic mass is 10.1. The van der Waals surface area contributed by atoms with E-state index in [4.69, 9.17) is 0 Å². The van der Waals surface area contributed by atoms with Gasteiger partial charge < -0.3 is 15.1 Å². The molecule has 0 atom stereocenters. The number of halogens is 1. The third kappa shape index (κ3) is 4.98. The molecule has 2 aromatic rings. The predicted octanol–water partition coefficient (Wildman–Crippen LogP) is 3.83. The van der Waals surface area contributed by atoms with Gasteiger partial charge in [0.2, 0.25) is 0 Å². The van der Waals surface area contributed by atoms with Gasteiger partial charge in [-0.25, -0.2) is 4.79 Å². The van der Waals surface area contributed by atoms with Crippen LogP contribution in [-0.2, 0) is 6.42 Å². The van der Waals surface area contributed by atoms with Crippen molar-refractivity contribution in [2.45, 2.75) is 13.3 Å². The van der Waals surface area contributed by atoms with Crippen LogP contribution in [0, 0.1) is 6.92 Å². The Morgan fingerprint density at radius 1 is 1.08 bits per heavy atom. The molecular weight excluding hydrogens is 378 g/mol. The number of benzene rings is 2. The Bertz CT molecular complexity index is 726. The summed E-state index contributed by atoms with van der Waals surface area (Å²) < 4.78 is 1.07. The number of anilines is 1. The molecule has 2 aromatic carbocycles. The highest BCUT2D eigenvalue weighted by Gasteiger charge is 2.20. The van der Waals surface area contributed by atoms with Gasteiger partial charge in [0, 0.05) is 42.9 Å². The van der Waals surface area contributed by atoms with E-state index in [9.17, 15) is 4.79 Å². The van der Waals surface area contributed by atoms with Crippen LogP contribution in [0.4, 0.5) is 10.5 Å². The van der Waals surface area contributed by atoms with E-state index in [2.05, 4.69) is 69.5 Å². The van der Waals surface area contributed by atoms with Crippen molar-refractivity contribution in [1.29, 1.82) is 0 Å². The number of hydrogen-bond acceptors (Lipinski definition) is 2. The van der Waals surface area contributed by atoms with Crippen LogP contribution in [0.5, 0.6) is 0 Å². The number of carbonyl (C=O) groups is 1. The minimum Gasteiger partial charge on any atom is -0.368 e. The third-order valence-electron chi connectivity index (χ3n) is 4.51. The maximum atomic E-state index is 12.3. The molecule has 4 nitrogen and oxygen atoms in total. The number of carbonyl (C=O) groups excluding carboxylic acids is 1. The normalized spacial score (nSPS) is 14.5. The summed E-state index contributed by atoms with van der Waals surface area (Å²) in [5.41, 5.74) is 3.74. The van der Waals surface area contributed by atoms with Crippen molar-refractivity contribution >= 4 is 27.6 Å². The van der Waals surface area contributed by atoms with Crippen LogP contribution in [0.25, 0.3) is 0 Å². The van der Waals surface area contributed by atoms with Gasteiger partial charge in [0.1, 0.15) is 0 Å². The van der Waals surface area contributed by atoms with Crippen molar-refractivity contribution < 1.29 is 4.79 Å². The first-order valence-electron chi connectivity index (χ1n) is 8.71. The summed E-state index contributed by atoms with van der Waals surface area (Å²) in [6.45, 7) is 6.05. The lowest BCUT2D eigenvalue weighted by Crippen LogP contribution is -2.52. The molecule has 1 heterocycles. The van der Waals surface area contributed by atoms with E-state index >= 15 is 0 Å². The summed E-state index contributed by atoms with van der Waals surface area (Å²) in [5, 5.41) is 3.04. The molecule has 1 fully saturated rings. The van der Waals surface area contributed by atoms with Crippen molar-refractivity contribution in [3.8, 4) is 0 Å². The number of urea groups is 1. The largest absolute Gasteiger partial charge is 0.368 e. The van der Waals surface area contributed by atoms with Crippen LogP contribution >= 0.6 is 15.9 Å². The smallest absolute Gasteiger partial charge is 0.317 e. The second kappa shape index (κ2) is 8.39. The van der Waals surface area contributed by atoms with Crippen LogP contribution in [0.1, 0.15) is 11.1 Å². The van der Waals surface area contributed by atoms with Crippen molar-refractivity contribution in [2.24, 2.45) is 0 Å². The predicted molar refractivity (Wildman–Crippen MR) is 106 cm³/mol. The van der Waals surface area contributed by atoms with E-state index in [1.807, 2.05) is 17.0 Å². The minimum absolute atomic E-state index is 0.0406. The highest BCUT2D eigenvalue weighted by atomic mass is 79.9. The fraction of sp³-hybridized carbons (Fsp3) is 0.350. The Morgan fingerprint density at radius 3 is 2.56 bits per heavy atom. The maximum Gasteiger partial charge on any atom is 0.317 e. The zero-order chi connectivity index (χ0) is 17.6. The van der Waals surface area contributed by atoms with Crippen LogP contribution in [0.2, 0.25) is 0 Å². The van der Waals surface area contributed by atoms with Gasteiger partial charge >= 0.3 is 6.03 Å². The summed E-state index contributed by atoms with van der Waals surface area (Å²) in [4.78, 5) is 16.6. The van der Waals surface area contributed by atoms with Crippen LogP contribution in [0.3, 0.4) is 0 Å². The number of aryl methyl sites for hydroxylation is 1. The molecule has 3 rings (SSSR count). The van der Waals surface area contributed by atoms with Gasteiger partial charge in [-0.15, -0.1) is 0 Å². The SMILES string of the molecule is Cc1cccc(N2CCN(C(=O)NCCc3cccc(Br)c3)CC2)c1. The van der Waals surface area contributed by atoms with Crippen molar-refractivity contribution in [2.75, 3.05) is 37.6 Å². The lowest BCUT2D eigenvalue weighted by Gasteiger charge is -2.36. The van der Waals surface area contributed by atoms with E-state index in [1.54, 1.807) is 0 Å². The maximum absolute atomic E-state index is 12.3. The van der Waals surface area contributed by atoms with Crippen molar-refractivity contribution in [3.05, 3.63) is 64.1 Å². The van der Waals surface area contributed by atoms with Gasteiger partial charge in [-0.1, -0.05) is 40.2 Å². The quantitative estimate of drug-likeness (QED) is 0.844. The Morgan fingerprint density at radius 2 is 1.84 bits per heavy atom. The second-order valence-electron chi connectivity index (χ2n) is 6.42. The molecular formula is C20H24BrN3O. The molecule has 1 saturated heterocycles. The van der Waals surface area contributed by atoms with E-state index in [0.29, 0.717) is 6.54 Å². The van der Waals surface area contributed by atoms with E-state index < -0.39 is 0 Å². The summed E-state index contributed by atoms with van der Waals surface area (Å²) in [5.74, 6) is 0. The van der Waals surface area contributed by atoms with E-state index in [1.165, 1.54) is 16.8 Å². The summed E-state index contributed by atoms with van der Waals surface area (Å²) in [7, 11) is 0. The zero-order valence-electron chi connectivity index (χ0n) is 14.5. The van der Waals surface area contributed by atoms with Crippen molar-refractivity contribution in [1.82, 2.24) is 10.2 Å². The average Bonchev–Trinajstić information content (AvgIpc) is 2.62. The molecule has 5 heteroatoms. The van der Waals surface area contributed by atoms with Gasteiger partial charge in [0.15, 0.2) is 0 Å². The molecule has 0 saturated carbocycles. The molecule has 0 radical (unpaired) electrons. The Hall–Kier alpha value is -2.01. The first-order valence-corrected chi connectivity index (χ1v) is 9.50. The zero-order valence-corrected chi connectivity index (χ0v) is 16.1. The number of amides is 2. The highest BCUT2D eigenvalue weighted by Crippen LogP contribution is 2.17. The first kappa shape index (κ1) is 17.8. The second-order valence-corrected chi connectivity index (χ2v) is 7.34. The highest BCUT2D eigenvalue weighted by molar-refractivity contribution is 9.10. The van der Waals surface area contributed by atoms with Crippen LogP contribution in [-0.4, -0.2) is 43.7 Å². The molecule has 25 heavy (non-hydrogen) atoms. The van der Waals surface area contributed by atoms with Crippen molar-refractivity contribution in [3.63, 3.8) is 0 Å². The van der Waals surface area contributed by atoms with Gasteiger partial charge in [0.25, 0.3) is 0 Å². The summed E-state index contributed by atoms with van der Waals surface area (Å²) in [6.07, 6.45) is 0.842. The van der Waals surface area contributed by atoms with Gasteiger partial charge in [-0.3, -0.25) is 0 Å². The molecule has 0 spiro atoms. The number of rotatable bonds is 4. The Labute approximate surface area is 158 Å². The Balaban J connectivity index is 1.44. The molecule has 2 amide bonds. The van der Waals surface area contributed by atoms with E-state index in [-0.39, 0.29) is 6.03 Å². The number of piperazine rings is 1. The molecule has 132 valence electrons. The number of hydrogen-bond donors (Lipinski definition) is 1. The standard InChI is InChI=1S/C20H24BrN3O/c1-16-4-2-7-19(14-16)23-10-12-24(13-11-23)20(25)22-9-8-17-5-3-6-18(21)15-17/h2-7,14-15H,8-13H2,1H3,(H,22,25). The molecule has 1 N–H and O–H groups in total. The van der Waals surface area contributed by atoms with Crippen LogP contribution < -0.4 is 10.2 Å². The minimum atomic E-state index is 0.0406. The summed E-state index contributed by atoms with van der Waals surface area (Å²) >= 11 is 3.47. The molecule has 0 unspecified atom stereocenters. The van der Waals surface area contributed by atoms with Crippen LogP contribution in [0.15, 0.2) is 53.0 Å². The third-order valence-corrected chi connectivity index (χ3v) is 5.01. The van der Waals surface area contributed by atoms with Gasteiger partial charge in [-0.2, -0.15) is 0 Å². The average molecular weight is 402 g/mol. The van der Waals surface area contributed by atoms with E-state index in [0.717, 1.165) is 37.1 Å². The molecule has 0 aromatic heterocycles. The number of nitrogens with one attached hydrogen (secondary N) is 1. The molecule has 0 aliphatic carbocycles. The van der Waals surface area contributed by atoms with Gasteiger partial charge in [0.05, 0.1) is 0 Å². The molecule has 1 aliphatic heterocycles. The Kier molecular flexibility index (Phi) is 5.97. The van der Waals surface area contributed by atoms with Gasteiger partial charge in [-0.05, 0) is 48.7 Å². The molecule has 1 aliphatic rings. The topological polar surface area (TPSA) is 35.6 Å². The first-order chi connectivity index (χ1) is 12.1. The molecule has 0 bridgehead atoms. The fourth-order valence-corrected chi connectivity index (χ4v) is 3.56. The monoisotopic (exact) mass is 401 g/mol. The fourth-order valence-electron chi connectivity index (χ4n) is 3.11. The number of nitrogens with zero attached hydrogens (tertiary/aromatic N) is 2. The summed E-state index contributed by atoms with van der Waals surface area (Å²) in [6, 6.07) is 16.8.